The smallest absolute Gasteiger partial charge is 0.276 e. The molecule has 1 saturated carbocycles. The van der Waals surface area contributed by atoms with E-state index in [0.717, 1.165) is 43.6 Å². The lowest BCUT2D eigenvalue weighted by molar-refractivity contribution is 0.102. The number of aromatic nitrogens is 3. The first-order valence-corrected chi connectivity index (χ1v) is 7.27. The number of rotatable bonds is 3. The third-order valence-electron chi connectivity index (χ3n) is 3.86. The molecule has 0 saturated heterocycles. The predicted octanol–water partition coefficient (Wildman–Crippen LogP) is 2.19. The van der Waals surface area contributed by atoms with Crippen LogP contribution in [0, 0.1) is 0 Å². The molecule has 3 heterocycles. The molecule has 0 bridgehead atoms. The molecule has 0 spiro atoms. The first kappa shape index (κ1) is 12.4. The number of nitrogens with zero attached hydrogens (tertiary/aromatic N) is 3. The molecule has 4 rings (SSSR count). The Morgan fingerprint density at radius 1 is 1.38 bits per heavy atom. The average Bonchev–Trinajstić information content (AvgIpc) is 3.27. The molecule has 1 aliphatic carbocycles. The number of carbonyl (C=O) groups is 1. The van der Waals surface area contributed by atoms with Crippen LogP contribution in [-0.2, 0) is 6.42 Å². The highest BCUT2D eigenvalue weighted by molar-refractivity contribution is 6.02. The van der Waals surface area contributed by atoms with E-state index in [4.69, 9.17) is 4.74 Å². The van der Waals surface area contributed by atoms with Crippen LogP contribution in [-0.4, -0.2) is 27.0 Å². The Balaban J connectivity index is 1.55. The van der Waals surface area contributed by atoms with Crippen LogP contribution in [0.2, 0.25) is 0 Å². The normalized spacial score (nSPS) is 17.0. The van der Waals surface area contributed by atoms with Gasteiger partial charge in [-0.25, -0.2) is 9.97 Å². The van der Waals surface area contributed by atoms with Gasteiger partial charge in [-0.1, -0.05) is 0 Å². The number of aryl methyl sites for hydroxylation is 1. The van der Waals surface area contributed by atoms with Crippen LogP contribution in [0.15, 0.2) is 24.7 Å². The van der Waals surface area contributed by atoms with Gasteiger partial charge in [0.2, 0.25) is 5.95 Å². The summed E-state index contributed by atoms with van der Waals surface area (Å²) in [5, 5.41) is 2.84. The minimum atomic E-state index is -0.225. The molecule has 0 atom stereocenters. The molecular weight excluding hydrogens is 268 g/mol. The first-order valence-electron chi connectivity index (χ1n) is 7.27. The molecule has 0 unspecified atom stereocenters. The lowest BCUT2D eigenvalue weighted by Crippen LogP contribution is -2.18. The first-order chi connectivity index (χ1) is 10.3. The molecule has 21 heavy (non-hydrogen) atoms. The maximum Gasteiger partial charge on any atom is 0.276 e. The van der Waals surface area contributed by atoms with Crippen LogP contribution >= 0.6 is 0 Å². The number of nitrogens with one attached hydrogen (secondary N) is 1. The van der Waals surface area contributed by atoms with Crippen LogP contribution in [0.4, 0.5) is 5.95 Å². The van der Waals surface area contributed by atoms with Crippen molar-refractivity contribution in [3.8, 4) is 5.75 Å². The molecule has 6 heteroatoms. The van der Waals surface area contributed by atoms with Gasteiger partial charge >= 0.3 is 0 Å². The van der Waals surface area contributed by atoms with Crippen molar-refractivity contribution in [2.45, 2.75) is 31.7 Å². The van der Waals surface area contributed by atoms with E-state index in [1.807, 2.05) is 16.8 Å². The summed E-state index contributed by atoms with van der Waals surface area (Å²) in [6.07, 6.45) is 9.45. The predicted molar refractivity (Wildman–Crippen MR) is 76.5 cm³/mol. The van der Waals surface area contributed by atoms with Gasteiger partial charge < -0.3 is 9.30 Å². The quantitative estimate of drug-likeness (QED) is 0.938. The molecule has 1 aliphatic heterocycles. The largest absolute Gasteiger partial charge is 0.492 e. The SMILES string of the molecule is O=C(Nc1nccn1C1CC1)c1cc2c(cn1)OCCC2. The number of hydrogen-bond acceptors (Lipinski definition) is 4. The molecule has 6 nitrogen and oxygen atoms in total. The van der Waals surface area contributed by atoms with Crippen molar-refractivity contribution >= 4 is 11.9 Å². The fourth-order valence-electron chi connectivity index (χ4n) is 2.60. The van der Waals surface area contributed by atoms with Gasteiger partial charge in [0.05, 0.1) is 12.8 Å². The van der Waals surface area contributed by atoms with E-state index in [9.17, 15) is 4.79 Å². The number of amides is 1. The summed E-state index contributed by atoms with van der Waals surface area (Å²) in [7, 11) is 0. The average molecular weight is 284 g/mol. The summed E-state index contributed by atoms with van der Waals surface area (Å²) in [5.74, 6) is 1.16. The molecule has 1 amide bonds. The highest BCUT2D eigenvalue weighted by Crippen LogP contribution is 2.36. The lowest BCUT2D eigenvalue weighted by atomic mass is 10.1. The van der Waals surface area contributed by atoms with Gasteiger partial charge in [-0.3, -0.25) is 10.1 Å². The summed E-state index contributed by atoms with van der Waals surface area (Å²) >= 11 is 0. The van der Waals surface area contributed by atoms with Gasteiger partial charge in [0.25, 0.3) is 5.91 Å². The van der Waals surface area contributed by atoms with Crippen LogP contribution in [0.5, 0.6) is 5.75 Å². The second kappa shape index (κ2) is 4.87. The minimum Gasteiger partial charge on any atom is -0.492 e. The maximum absolute atomic E-state index is 12.3. The Bertz CT molecular complexity index is 691. The van der Waals surface area contributed by atoms with Gasteiger partial charge in [-0.2, -0.15) is 0 Å². The van der Waals surface area contributed by atoms with E-state index in [-0.39, 0.29) is 5.91 Å². The number of pyridine rings is 1. The third kappa shape index (κ3) is 2.37. The highest BCUT2D eigenvalue weighted by Gasteiger charge is 2.26. The van der Waals surface area contributed by atoms with Crippen molar-refractivity contribution in [1.82, 2.24) is 14.5 Å². The van der Waals surface area contributed by atoms with Crippen molar-refractivity contribution < 1.29 is 9.53 Å². The van der Waals surface area contributed by atoms with Crippen LogP contribution in [0.3, 0.4) is 0 Å². The Morgan fingerprint density at radius 3 is 3.14 bits per heavy atom. The summed E-state index contributed by atoms with van der Waals surface area (Å²) < 4.78 is 7.53. The Hall–Kier alpha value is -2.37. The topological polar surface area (TPSA) is 69.0 Å². The van der Waals surface area contributed by atoms with Gasteiger partial charge in [-0.15, -0.1) is 0 Å². The molecule has 1 N–H and O–H groups in total. The Morgan fingerprint density at radius 2 is 2.29 bits per heavy atom. The molecule has 108 valence electrons. The van der Waals surface area contributed by atoms with Crippen molar-refractivity contribution in [3.63, 3.8) is 0 Å². The van der Waals surface area contributed by atoms with Gasteiger partial charge in [-0.05, 0) is 37.3 Å². The molecule has 2 aromatic rings. The fourth-order valence-corrected chi connectivity index (χ4v) is 2.60. The highest BCUT2D eigenvalue weighted by atomic mass is 16.5. The standard InChI is InChI=1S/C15H16N4O2/c20-14(18-15-16-5-6-19(15)11-3-4-11)12-8-10-2-1-7-21-13(10)9-17-12/h5-6,8-9,11H,1-4,7H2,(H,16,18,20). The zero-order valence-electron chi connectivity index (χ0n) is 11.6. The Kier molecular flexibility index (Phi) is 2.87. The molecule has 0 aromatic carbocycles. The maximum atomic E-state index is 12.3. The van der Waals surface area contributed by atoms with Crippen LogP contribution in [0.1, 0.15) is 41.4 Å². The van der Waals surface area contributed by atoms with Gasteiger partial charge in [0, 0.05) is 18.4 Å². The Labute approximate surface area is 122 Å². The number of hydrogen-bond donors (Lipinski definition) is 1. The second-order valence-electron chi connectivity index (χ2n) is 5.47. The molecular formula is C15H16N4O2. The van der Waals surface area contributed by atoms with E-state index in [2.05, 4.69) is 15.3 Å². The van der Waals surface area contributed by atoms with E-state index in [0.29, 0.717) is 17.7 Å². The summed E-state index contributed by atoms with van der Waals surface area (Å²) in [6.45, 7) is 0.721. The fraction of sp³-hybridized carbons (Fsp3) is 0.400. The van der Waals surface area contributed by atoms with Crippen LogP contribution < -0.4 is 10.1 Å². The van der Waals surface area contributed by atoms with Crippen molar-refractivity contribution in [1.29, 1.82) is 0 Å². The monoisotopic (exact) mass is 284 g/mol. The van der Waals surface area contributed by atoms with Crippen molar-refractivity contribution in [2.75, 3.05) is 11.9 Å². The number of fused-ring (bicyclic) bond motifs is 1. The summed E-state index contributed by atoms with van der Waals surface area (Å²) in [6, 6.07) is 2.29. The van der Waals surface area contributed by atoms with Gasteiger partial charge in [0.15, 0.2) is 0 Å². The molecule has 2 aliphatic rings. The van der Waals surface area contributed by atoms with Crippen LogP contribution in [0.25, 0.3) is 0 Å². The molecule has 1 fully saturated rings. The zero-order valence-corrected chi connectivity index (χ0v) is 11.6. The lowest BCUT2D eigenvalue weighted by Gasteiger charge is -2.17. The van der Waals surface area contributed by atoms with Crippen molar-refractivity contribution in [3.05, 3.63) is 35.9 Å². The van der Waals surface area contributed by atoms with Crippen molar-refractivity contribution in [2.24, 2.45) is 0 Å². The summed E-state index contributed by atoms with van der Waals surface area (Å²) in [4.78, 5) is 20.7. The number of imidazole rings is 1. The van der Waals surface area contributed by atoms with E-state index >= 15 is 0 Å². The van der Waals surface area contributed by atoms with E-state index in [1.165, 1.54) is 0 Å². The van der Waals surface area contributed by atoms with E-state index in [1.54, 1.807) is 12.4 Å². The summed E-state index contributed by atoms with van der Waals surface area (Å²) in [5.41, 5.74) is 1.46. The number of carbonyl (C=O) groups excluding carboxylic acids is 1. The third-order valence-corrected chi connectivity index (χ3v) is 3.86. The second-order valence-corrected chi connectivity index (χ2v) is 5.47. The molecule has 0 radical (unpaired) electrons. The number of ether oxygens (including phenoxy) is 1. The minimum absolute atomic E-state index is 0.225. The molecule has 2 aromatic heterocycles. The number of anilines is 1. The van der Waals surface area contributed by atoms with Gasteiger partial charge in [0.1, 0.15) is 11.4 Å². The zero-order chi connectivity index (χ0) is 14.2. The van der Waals surface area contributed by atoms with E-state index < -0.39 is 0 Å².